The summed E-state index contributed by atoms with van der Waals surface area (Å²) in [6.07, 6.45) is 5.32. The van der Waals surface area contributed by atoms with E-state index in [4.69, 9.17) is 4.74 Å². The largest absolute Gasteiger partial charge is 0.619 e. The number of rotatable bonds is 4. The van der Waals surface area contributed by atoms with Gasteiger partial charge in [0.15, 0.2) is 19.0 Å². The predicted molar refractivity (Wildman–Crippen MR) is 88.3 cm³/mol. The Kier molecular flexibility index (Phi) is 6.32. The lowest BCUT2D eigenvalue weighted by Gasteiger charge is -2.34. The maximum absolute atomic E-state index is 11.9. The average Bonchev–Trinajstić information content (AvgIpc) is 2.56. The highest BCUT2D eigenvalue weighted by Gasteiger charge is 2.28. The number of ether oxygens (including phenoxy) is 1. The van der Waals surface area contributed by atoms with E-state index in [1.165, 1.54) is 18.3 Å². The number of esters is 1. The molecule has 1 aliphatic rings. The normalized spacial score (nSPS) is 22.7. The summed E-state index contributed by atoms with van der Waals surface area (Å²) >= 11 is 0. The van der Waals surface area contributed by atoms with E-state index in [9.17, 15) is 19.6 Å². The molecule has 2 rings (SSSR count). The first-order valence-corrected chi connectivity index (χ1v) is 8.33. The van der Waals surface area contributed by atoms with Crippen molar-refractivity contribution in [3.8, 4) is 0 Å². The summed E-state index contributed by atoms with van der Waals surface area (Å²) in [6.45, 7) is 3.63. The molecule has 1 fully saturated rings. The lowest BCUT2D eigenvalue weighted by atomic mass is 9.78. The number of hydrogen-bond acceptors (Lipinski definition) is 5. The van der Waals surface area contributed by atoms with Gasteiger partial charge < -0.3 is 15.3 Å². The molecular weight excluding hydrogens is 326 g/mol. The Balaban J connectivity index is 1.76. The van der Waals surface area contributed by atoms with Crippen molar-refractivity contribution in [1.29, 1.82) is 0 Å². The van der Waals surface area contributed by atoms with E-state index in [1.807, 2.05) is 0 Å². The molecule has 1 aliphatic carbocycles. The summed E-state index contributed by atoms with van der Waals surface area (Å²) in [5, 5.41) is 16.0. The quantitative estimate of drug-likeness (QED) is 0.481. The highest BCUT2D eigenvalue weighted by atomic mass is 16.5. The maximum atomic E-state index is 11.9. The monoisotopic (exact) mass is 349 g/mol. The number of carbonyl (C=O) groups excluding carboxylic acids is 3. The van der Waals surface area contributed by atoms with Gasteiger partial charge in [-0.1, -0.05) is 26.7 Å². The standard InChI is InChI=1S/C17H23N3O5/c1-11-5-3-7-14(12(11)2)18-17(23)19-15(21)10-25-16(22)13-6-4-8-20(24)9-13/h4,6,8-9,11-12,14H,3,5,7,10H2,1-2H3,(H2,18,19,21,23)/t11-,12-,14+/m1/s1. The highest BCUT2D eigenvalue weighted by molar-refractivity contribution is 5.96. The van der Waals surface area contributed by atoms with Crippen molar-refractivity contribution in [2.45, 2.75) is 39.2 Å². The van der Waals surface area contributed by atoms with Crippen LogP contribution in [0.3, 0.4) is 0 Å². The number of amides is 3. The zero-order chi connectivity index (χ0) is 18.4. The summed E-state index contributed by atoms with van der Waals surface area (Å²) in [6, 6.07) is 2.22. The second-order valence-corrected chi connectivity index (χ2v) is 6.42. The van der Waals surface area contributed by atoms with Crippen LogP contribution < -0.4 is 15.4 Å². The Hall–Kier alpha value is -2.64. The third kappa shape index (κ3) is 5.44. The van der Waals surface area contributed by atoms with E-state index in [0.717, 1.165) is 25.5 Å². The number of carbonyl (C=O) groups is 3. The fraction of sp³-hybridized carbons (Fsp3) is 0.529. The molecule has 8 nitrogen and oxygen atoms in total. The third-order valence-corrected chi connectivity index (χ3v) is 4.62. The smallest absolute Gasteiger partial charge is 0.344 e. The average molecular weight is 349 g/mol. The number of urea groups is 1. The number of nitrogens with zero attached hydrogens (tertiary/aromatic N) is 1. The van der Waals surface area contributed by atoms with Gasteiger partial charge in [0.25, 0.3) is 5.91 Å². The molecule has 1 saturated carbocycles. The summed E-state index contributed by atoms with van der Waals surface area (Å²) in [4.78, 5) is 35.4. The molecule has 0 aliphatic heterocycles. The topological polar surface area (TPSA) is 111 Å². The number of pyridine rings is 1. The molecule has 0 radical (unpaired) electrons. The number of aromatic nitrogens is 1. The molecule has 0 saturated heterocycles. The highest BCUT2D eigenvalue weighted by Crippen LogP contribution is 2.29. The fourth-order valence-electron chi connectivity index (χ4n) is 2.94. The summed E-state index contributed by atoms with van der Waals surface area (Å²) in [5.41, 5.74) is 0.0276. The summed E-state index contributed by atoms with van der Waals surface area (Å²) in [5.74, 6) is -0.682. The van der Waals surface area contributed by atoms with Crippen molar-refractivity contribution in [2.75, 3.05) is 6.61 Å². The van der Waals surface area contributed by atoms with Crippen molar-refractivity contribution in [3.63, 3.8) is 0 Å². The number of hydrogen-bond donors (Lipinski definition) is 2. The van der Waals surface area contributed by atoms with Crippen LogP contribution in [0.1, 0.15) is 43.5 Å². The van der Waals surface area contributed by atoms with Crippen molar-refractivity contribution in [1.82, 2.24) is 10.6 Å². The van der Waals surface area contributed by atoms with Crippen molar-refractivity contribution >= 4 is 17.9 Å². The Morgan fingerprint density at radius 2 is 2.08 bits per heavy atom. The van der Waals surface area contributed by atoms with Gasteiger partial charge in [0, 0.05) is 12.1 Å². The lowest BCUT2D eigenvalue weighted by molar-refractivity contribution is -0.605. The van der Waals surface area contributed by atoms with Crippen LogP contribution in [-0.2, 0) is 9.53 Å². The summed E-state index contributed by atoms with van der Waals surface area (Å²) < 4.78 is 5.25. The van der Waals surface area contributed by atoms with Gasteiger partial charge in [0.1, 0.15) is 5.56 Å². The van der Waals surface area contributed by atoms with Crippen LogP contribution in [0.5, 0.6) is 0 Å². The van der Waals surface area contributed by atoms with Crippen LogP contribution >= 0.6 is 0 Å². The molecule has 136 valence electrons. The van der Waals surface area contributed by atoms with Crippen LogP contribution in [0, 0.1) is 17.0 Å². The molecule has 1 aromatic heterocycles. The van der Waals surface area contributed by atoms with Crippen LogP contribution in [0.4, 0.5) is 4.79 Å². The van der Waals surface area contributed by atoms with Crippen molar-refractivity contribution in [3.05, 3.63) is 35.3 Å². The van der Waals surface area contributed by atoms with Crippen LogP contribution in [-0.4, -0.2) is 30.6 Å². The van der Waals surface area contributed by atoms with Crippen LogP contribution in [0.15, 0.2) is 24.5 Å². The summed E-state index contributed by atoms with van der Waals surface area (Å²) in [7, 11) is 0. The first-order valence-electron chi connectivity index (χ1n) is 8.33. The maximum Gasteiger partial charge on any atom is 0.344 e. The zero-order valence-corrected chi connectivity index (χ0v) is 14.4. The Morgan fingerprint density at radius 1 is 1.32 bits per heavy atom. The number of nitrogens with one attached hydrogen (secondary N) is 2. The molecule has 0 unspecified atom stereocenters. The van der Waals surface area contributed by atoms with E-state index in [0.29, 0.717) is 16.6 Å². The molecule has 8 heteroatoms. The van der Waals surface area contributed by atoms with Gasteiger partial charge in [-0.2, -0.15) is 4.73 Å². The molecular formula is C17H23N3O5. The molecule has 1 aromatic rings. The van der Waals surface area contributed by atoms with Crippen LogP contribution in [0.2, 0.25) is 0 Å². The Labute approximate surface area is 146 Å². The Bertz CT molecular complexity index is 649. The minimum atomic E-state index is -0.810. The van der Waals surface area contributed by atoms with Gasteiger partial charge in [-0.15, -0.1) is 0 Å². The van der Waals surface area contributed by atoms with E-state index in [2.05, 4.69) is 24.5 Å². The first kappa shape index (κ1) is 18.7. The van der Waals surface area contributed by atoms with Crippen LogP contribution in [0.25, 0.3) is 0 Å². The van der Waals surface area contributed by atoms with Crippen molar-refractivity contribution < 1.29 is 23.9 Å². The molecule has 0 bridgehead atoms. The molecule has 3 amide bonds. The van der Waals surface area contributed by atoms with Gasteiger partial charge in [0.05, 0.1) is 0 Å². The molecule has 25 heavy (non-hydrogen) atoms. The lowest BCUT2D eigenvalue weighted by Crippen LogP contribution is -2.49. The zero-order valence-electron chi connectivity index (χ0n) is 14.4. The molecule has 1 heterocycles. The van der Waals surface area contributed by atoms with Gasteiger partial charge in [-0.3, -0.25) is 10.1 Å². The van der Waals surface area contributed by atoms with Gasteiger partial charge in [-0.05, 0) is 24.3 Å². The molecule has 2 N–H and O–H groups in total. The minimum absolute atomic E-state index is 0.0240. The van der Waals surface area contributed by atoms with E-state index in [-0.39, 0.29) is 11.6 Å². The number of imide groups is 1. The first-order chi connectivity index (χ1) is 11.9. The SMILES string of the molecule is C[C@@H]1[C@H](C)CCC[C@@H]1NC(=O)NC(=O)COC(=O)c1ccc[n+]([O-])c1. The second kappa shape index (κ2) is 8.46. The fourth-order valence-corrected chi connectivity index (χ4v) is 2.94. The van der Waals surface area contributed by atoms with E-state index >= 15 is 0 Å². The second-order valence-electron chi connectivity index (χ2n) is 6.42. The van der Waals surface area contributed by atoms with Gasteiger partial charge in [0.2, 0.25) is 0 Å². The Morgan fingerprint density at radius 3 is 2.80 bits per heavy atom. The molecule has 0 aromatic carbocycles. The minimum Gasteiger partial charge on any atom is -0.619 e. The van der Waals surface area contributed by atoms with Crippen molar-refractivity contribution in [2.24, 2.45) is 11.8 Å². The third-order valence-electron chi connectivity index (χ3n) is 4.62. The predicted octanol–water partition coefficient (Wildman–Crippen LogP) is 1.13. The molecule has 0 spiro atoms. The van der Waals surface area contributed by atoms with E-state index in [1.54, 1.807) is 0 Å². The molecule has 3 atom stereocenters. The van der Waals surface area contributed by atoms with E-state index < -0.39 is 24.5 Å². The van der Waals surface area contributed by atoms with Gasteiger partial charge >= 0.3 is 12.0 Å². The van der Waals surface area contributed by atoms with Gasteiger partial charge in [-0.25, -0.2) is 9.59 Å².